The topological polar surface area (TPSA) is 102 Å². The molecule has 0 saturated heterocycles. The number of imide groups is 1. The van der Waals surface area contributed by atoms with Gasteiger partial charge in [0.05, 0.1) is 7.11 Å². The summed E-state index contributed by atoms with van der Waals surface area (Å²) in [6, 6.07) is 11.7. The molecule has 0 aliphatic heterocycles. The lowest BCUT2D eigenvalue weighted by atomic mass is 10.1. The van der Waals surface area contributed by atoms with Gasteiger partial charge < -0.3 is 14.8 Å². The molecule has 3 amide bonds. The molecule has 0 atom stereocenters. The SMILES string of the molecule is COc1nccnc1C(=O)NC(=O)Nc1ccc(Oc2ccc(Cl)c3ccccc23)c(C(F)(F)F)c1. The Morgan fingerprint density at radius 1 is 0.944 bits per heavy atom. The van der Waals surface area contributed by atoms with Crippen LogP contribution in [-0.2, 0) is 6.18 Å². The zero-order valence-electron chi connectivity index (χ0n) is 18.4. The molecule has 1 heterocycles. The number of amides is 3. The van der Waals surface area contributed by atoms with Crippen molar-refractivity contribution in [2.24, 2.45) is 0 Å². The van der Waals surface area contributed by atoms with Gasteiger partial charge in [0.25, 0.3) is 5.91 Å². The van der Waals surface area contributed by atoms with E-state index in [0.29, 0.717) is 21.9 Å². The number of hydrogen-bond acceptors (Lipinski definition) is 6. The number of nitrogens with one attached hydrogen (secondary N) is 2. The minimum Gasteiger partial charge on any atom is -0.479 e. The lowest BCUT2D eigenvalue weighted by molar-refractivity contribution is -0.138. The highest BCUT2D eigenvalue weighted by atomic mass is 35.5. The number of nitrogens with zero attached hydrogens (tertiary/aromatic N) is 2. The molecule has 3 aromatic carbocycles. The first-order valence-corrected chi connectivity index (χ1v) is 10.6. The normalized spacial score (nSPS) is 11.1. The Morgan fingerprint density at radius 2 is 1.64 bits per heavy atom. The number of benzene rings is 3. The van der Waals surface area contributed by atoms with Gasteiger partial charge in [-0.2, -0.15) is 13.2 Å². The number of aromatic nitrogens is 2. The summed E-state index contributed by atoms with van der Waals surface area (Å²) in [4.78, 5) is 32.1. The number of fused-ring (bicyclic) bond motifs is 1. The monoisotopic (exact) mass is 516 g/mol. The molecule has 8 nitrogen and oxygen atoms in total. The third kappa shape index (κ3) is 5.31. The van der Waals surface area contributed by atoms with Crippen LogP contribution in [0.2, 0.25) is 5.02 Å². The van der Waals surface area contributed by atoms with Gasteiger partial charge in [0.1, 0.15) is 17.1 Å². The Hall–Kier alpha value is -4.38. The molecule has 4 rings (SSSR count). The number of carbonyl (C=O) groups is 2. The lowest BCUT2D eigenvalue weighted by Gasteiger charge is -2.17. The predicted molar refractivity (Wildman–Crippen MR) is 126 cm³/mol. The number of anilines is 1. The molecule has 0 unspecified atom stereocenters. The molecule has 0 spiro atoms. The maximum atomic E-state index is 13.8. The molecule has 0 bridgehead atoms. The highest BCUT2D eigenvalue weighted by molar-refractivity contribution is 6.35. The van der Waals surface area contributed by atoms with E-state index in [1.165, 1.54) is 37.7 Å². The van der Waals surface area contributed by atoms with Gasteiger partial charge in [-0.25, -0.2) is 14.8 Å². The van der Waals surface area contributed by atoms with E-state index in [1.54, 1.807) is 24.3 Å². The summed E-state index contributed by atoms with van der Waals surface area (Å²) in [6.45, 7) is 0. The van der Waals surface area contributed by atoms with Gasteiger partial charge in [0, 0.05) is 33.9 Å². The van der Waals surface area contributed by atoms with E-state index in [-0.39, 0.29) is 23.0 Å². The fourth-order valence-electron chi connectivity index (χ4n) is 3.32. The smallest absolute Gasteiger partial charge is 0.420 e. The molecule has 12 heteroatoms. The highest BCUT2D eigenvalue weighted by Crippen LogP contribution is 2.41. The summed E-state index contributed by atoms with van der Waals surface area (Å²) >= 11 is 6.18. The Kier molecular flexibility index (Phi) is 6.93. The van der Waals surface area contributed by atoms with Gasteiger partial charge in [-0.1, -0.05) is 35.9 Å². The van der Waals surface area contributed by atoms with E-state index in [0.717, 1.165) is 6.07 Å². The van der Waals surface area contributed by atoms with Crippen molar-refractivity contribution >= 4 is 40.0 Å². The summed E-state index contributed by atoms with van der Waals surface area (Å²) in [6.07, 6.45) is -2.31. The second-order valence-electron chi connectivity index (χ2n) is 7.22. The van der Waals surface area contributed by atoms with Gasteiger partial charge in [0.2, 0.25) is 5.88 Å². The molecule has 0 saturated carbocycles. The first-order chi connectivity index (χ1) is 17.2. The van der Waals surface area contributed by atoms with Gasteiger partial charge >= 0.3 is 12.2 Å². The molecule has 184 valence electrons. The molecule has 2 N–H and O–H groups in total. The Labute approximate surface area is 207 Å². The number of carbonyl (C=O) groups excluding carboxylic acids is 2. The number of rotatable bonds is 5. The van der Waals surface area contributed by atoms with Crippen molar-refractivity contribution in [2.45, 2.75) is 6.18 Å². The maximum Gasteiger partial charge on any atom is 0.420 e. The summed E-state index contributed by atoms with van der Waals surface area (Å²) in [5, 5.41) is 5.71. The second-order valence-corrected chi connectivity index (χ2v) is 7.63. The molecular formula is C24H16ClF3N4O4. The fourth-order valence-corrected chi connectivity index (χ4v) is 3.54. The first-order valence-electron chi connectivity index (χ1n) is 10.2. The molecular weight excluding hydrogens is 501 g/mol. The zero-order chi connectivity index (χ0) is 25.9. The number of urea groups is 1. The molecule has 0 radical (unpaired) electrons. The van der Waals surface area contributed by atoms with Crippen molar-refractivity contribution in [1.29, 1.82) is 0 Å². The van der Waals surface area contributed by atoms with Crippen molar-refractivity contribution in [3.05, 3.63) is 83.3 Å². The van der Waals surface area contributed by atoms with Crippen molar-refractivity contribution in [1.82, 2.24) is 15.3 Å². The molecule has 0 aliphatic carbocycles. The number of halogens is 4. The summed E-state index contributed by atoms with van der Waals surface area (Å²) < 4.78 is 52.1. The third-order valence-corrected chi connectivity index (χ3v) is 5.22. The van der Waals surface area contributed by atoms with E-state index < -0.39 is 29.4 Å². The Bertz CT molecular complexity index is 1460. The predicted octanol–water partition coefficient (Wildman–Crippen LogP) is 6.06. The third-order valence-electron chi connectivity index (χ3n) is 4.89. The fraction of sp³-hybridized carbons (Fsp3) is 0.0833. The van der Waals surface area contributed by atoms with E-state index >= 15 is 0 Å². The molecule has 1 aromatic heterocycles. The van der Waals surface area contributed by atoms with Crippen LogP contribution in [0.15, 0.2) is 67.0 Å². The highest BCUT2D eigenvalue weighted by Gasteiger charge is 2.35. The Balaban J connectivity index is 1.57. The van der Waals surface area contributed by atoms with Crippen LogP contribution in [0.1, 0.15) is 16.1 Å². The standard InChI is InChI=1S/C24H16ClF3N4O4/c1-35-22-20(29-10-11-30-22)21(33)32-23(34)31-13-6-8-19(16(12-13)24(26,27)28)36-18-9-7-17(25)14-4-2-3-5-15(14)18/h2-12H,1H3,(H2,31,32,33,34). The van der Waals surface area contributed by atoms with E-state index in [2.05, 4.69) is 15.3 Å². The Morgan fingerprint density at radius 3 is 2.36 bits per heavy atom. The van der Waals surface area contributed by atoms with Crippen LogP contribution < -0.4 is 20.1 Å². The molecule has 0 aliphatic rings. The van der Waals surface area contributed by atoms with Crippen LogP contribution >= 0.6 is 11.6 Å². The second kappa shape index (κ2) is 10.1. The van der Waals surface area contributed by atoms with Crippen LogP contribution in [0.5, 0.6) is 17.4 Å². The zero-order valence-corrected chi connectivity index (χ0v) is 19.1. The summed E-state index contributed by atoms with van der Waals surface area (Å²) in [5.41, 5.74) is -1.64. The van der Waals surface area contributed by atoms with Crippen LogP contribution in [0.3, 0.4) is 0 Å². The van der Waals surface area contributed by atoms with E-state index in [9.17, 15) is 22.8 Å². The van der Waals surface area contributed by atoms with Crippen molar-refractivity contribution in [3.63, 3.8) is 0 Å². The first kappa shape index (κ1) is 24.7. The van der Waals surface area contributed by atoms with Crippen molar-refractivity contribution in [3.8, 4) is 17.4 Å². The van der Waals surface area contributed by atoms with Gasteiger partial charge in [-0.3, -0.25) is 10.1 Å². The molecule has 4 aromatic rings. The number of alkyl halides is 3. The van der Waals surface area contributed by atoms with Gasteiger partial charge in [-0.15, -0.1) is 0 Å². The van der Waals surface area contributed by atoms with Crippen molar-refractivity contribution in [2.75, 3.05) is 12.4 Å². The minimum absolute atomic E-state index is 0.126. The maximum absolute atomic E-state index is 13.8. The van der Waals surface area contributed by atoms with Gasteiger partial charge in [-0.05, 0) is 30.3 Å². The average molecular weight is 517 g/mol. The van der Waals surface area contributed by atoms with Crippen LogP contribution in [0.25, 0.3) is 10.8 Å². The van der Waals surface area contributed by atoms with Gasteiger partial charge in [0.15, 0.2) is 5.69 Å². The van der Waals surface area contributed by atoms with E-state index in [4.69, 9.17) is 21.1 Å². The molecule has 36 heavy (non-hydrogen) atoms. The van der Waals surface area contributed by atoms with Crippen LogP contribution in [0.4, 0.5) is 23.7 Å². The quantitative estimate of drug-likeness (QED) is 0.334. The van der Waals surface area contributed by atoms with Crippen LogP contribution in [0, 0.1) is 0 Å². The molecule has 0 fully saturated rings. The lowest BCUT2D eigenvalue weighted by Crippen LogP contribution is -2.35. The van der Waals surface area contributed by atoms with E-state index in [1.807, 2.05) is 5.32 Å². The summed E-state index contributed by atoms with van der Waals surface area (Å²) in [5.74, 6) is -1.40. The average Bonchev–Trinajstić information content (AvgIpc) is 2.86. The number of hydrogen-bond donors (Lipinski definition) is 2. The number of ether oxygens (including phenoxy) is 2. The largest absolute Gasteiger partial charge is 0.479 e. The van der Waals surface area contributed by atoms with Crippen molar-refractivity contribution < 1.29 is 32.2 Å². The van der Waals surface area contributed by atoms with Crippen LogP contribution in [-0.4, -0.2) is 29.0 Å². The minimum atomic E-state index is -4.81. The summed E-state index contributed by atoms with van der Waals surface area (Å²) in [7, 11) is 1.26. The number of methoxy groups -OCH3 is 1.